The van der Waals surface area contributed by atoms with Crippen molar-refractivity contribution in [1.29, 1.82) is 0 Å². The summed E-state index contributed by atoms with van der Waals surface area (Å²) in [5.74, 6) is -0.427. The third-order valence-corrected chi connectivity index (χ3v) is 1.01. The molecule has 1 unspecified atom stereocenters. The summed E-state index contributed by atoms with van der Waals surface area (Å²) in [5.41, 5.74) is 0. The SMILES string of the molecule is CC(=O)OC(C=O)CN(C)C. The van der Waals surface area contributed by atoms with Crippen molar-refractivity contribution in [3.05, 3.63) is 0 Å². The zero-order valence-corrected chi connectivity index (χ0v) is 7.03. The number of hydrogen-bond donors (Lipinski definition) is 0. The highest BCUT2D eigenvalue weighted by atomic mass is 16.5. The van der Waals surface area contributed by atoms with Crippen LogP contribution < -0.4 is 0 Å². The van der Waals surface area contributed by atoms with Gasteiger partial charge in [0, 0.05) is 13.5 Å². The van der Waals surface area contributed by atoms with Crippen LogP contribution in [-0.4, -0.2) is 43.9 Å². The molecule has 0 aliphatic carbocycles. The fraction of sp³-hybridized carbons (Fsp3) is 0.714. The molecule has 64 valence electrons. The maximum absolute atomic E-state index is 10.4. The van der Waals surface area contributed by atoms with Gasteiger partial charge in [-0.15, -0.1) is 0 Å². The molecule has 0 radical (unpaired) electrons. The third kappa shape index (κ3) is 5.54. The summed E-state index contributed by atoms with van der Waals surface area (Å²) in [6, 6.07) is 0. The smallest absolute Gasteiger partial charge is 0.303 e. The van der Waals surface area contributed by atoms with Crippen molar-refractivity contribution in [3.63, 3.8) is 0 Å². The van der Waals surface area contributed by atoms with Crippen molar-refractivity contribution >= 4 is 12.3 Å². The molecule has 0 aromatic rings. The number of carbonyl (C=O) groups excluding carboxylic acids is 2. The number of hydrogen-bond acceptors (Lipinski definition) is 4. The Hall–Kier alpha value is -0.900. The van der Waals surface area contributed by atoms with E-state index in [1.807, 2.05) is 0 Å². The predicted molar refractivity (Wildman–Crippen MR) is 40.2 cm³/mol. The number of aldehydes is 1. The summed E-state index contributed by atoms with van der Waals surface area (Å²) in [6.07, 6.45) is -0.0102. The van der Waals surface area contributed by atoms with Crippen LogP contribution in [0.4, 0.5) is 0 Å². The van der Waals surface area contributed by atoms with Gasteiger partial charge in [-0.3, -0.25) is 9.59 Å². The Morgan fingerprint density at radius 2 is 2.18 bits per heavy atom. The van der Waals surface area contributed by atoms with Crippen LogP contribution in [0.1, 0.15) is 6.92 Å². The summed E-state index contributed by atoms with van der Waals surface area (Å²) < 4.78 is 4.66. The minimum Gasteiger partial charge on any atom is -0.453 e. The van der Waals surface area contributed by atoms with Gasteiger partial charge in [-0.2, -0.15) is 0 Å². The number of esters is 1. The van der Waals surface area contributed by atoms with Crippen LogP contribution in [0, 0.1) is 0 Å². The van der Waals surface area contributed by atoms with Crippen molar-refractivity contribution in [2.75, 3.05) is 20.6 Å². The molecule has 0 rings (SSSR count). The largest absolute Gasteiger partial charge is 0.453 e. The quantitative estimate of drug-likeness (QED) is 0.416. The van der Waals surface area contributed by atoms with E-state index < -0.39 is 12.1 Å². The first-order chi connectivity index (χ1) is 5.06. The molecule has 0 aliphatic rings. The first-order valence-corrected chi connectivity index (χ1v) is 3.33. The Balaban J connectivity index is 3.76. The van der Waals surface area contributed by atoms with Gasteiger partial charge in [0.2, 0.25) is 0 Å². The molecule has 0 heterocycles. The maximum atomic E-state index is 10.4. The van der Waals surface area contributed by atoms with E-state index in [0.29, 0.717) is 12.8 Å². The predicted octanol–water partition coefficient (Wildman–Crippen LogP) is -0.321. The van der Waals surface area contributed by atoms with Crippen LogP contribution in [0.5, 0.6) is 0 Å². The monoisotopic (exact) mass is 159 g/mol. The van der Waals surface area contributed by atoms with Gasteiger partial charge in [-0.1, -0.05) is 0 Å². The summed E-state index contributed by atoms with van der Waals surface area (Å²) in [7, 11) is 3.61. The molecule has 1 atom stereocenters. The minimum absolute atomic E-state index is 0.427. The Morgan fingerprint density at radius 3 is 2.45 bits per heavy atom. The van der Waals surface area contributed by atoms with Crippen molar-refractivity contribution in [3.8, 4) is 0 Å². The third-order valence-electron chi connectivity index (χ3n) is 1.01. The molecule has 0 N–H and O–H groups in total. The minimum atomic E-state index is -0.637. The molecular formula is C7H13NO3. The zero-order valence-electron chi connectivity index (χ0n) is 7.03. The molecule has 11 heavy (non-hydrogen) atoms. The van der Waals surface area contributed by atoms with Crippen LogP contribution in [0.3, 0.4) is 0 Å². The number of rotatable bonds is 4. The maximum Gasteiger partial charge on any atom is 0.303 e. The molecular weight excluding hydrogens is 146 g/mol. The van der Waals surface area contributed by atoms with Crippen molar-refractivity contribution < 1.29 is 14.3 Å². The summed E-state index contributed by atoms with van der Waals surface area (Å²) in [6.45, 7) is 1.72. The van der Waals surface area contributed by atoms with E-state index in [2.05, 4.69) is 4.74 Å². The van der Waals surface area contributed by atoms with E-state index in [1.165, 1.54) is 6.92 Å². The topological polar surface area (TPSA) is 46.6 Å². The van der Waals surface area contributed by atoms with E-state index in [1.54, 1.807) is 19.0 Å². The van der Waals surface area contributed by atoms with Crippen LogP contribution in [0.25, 0.3) is 0 Å². The first-order valence-electron chi connectivity index (χ1n) is 3.33. The lowest BCUT2D eigenvalue weighted by Crippen LogP contribution is -2.30. The van der Waals surface area contributed by atoms with Crippen molar-refractivity contribution in [1.82, 2.24) is 4.90 Å². The number of likely N-dealkylation sites (N-methyl/N-ethyl adjacent to an activating group) is 1. The molecule has 4 nitrogen and oxygen atoms in total. The van der Waals surface area contributed by atoms with Crippen LogP contribution >= 0.6 is 0 Å². The highest BCUT2D eigenvalue weighted by Gasteiger charge is 2.10. The molecule has 0 fully saturated rings. The van der Waals surface area contributed by atoms with E-state index >= 15 is 0 Å². The molecule has 0 bridgehead atoms. The van der Waals surface area contributed by atoms with Crippen LogP contribution in [0.15, 0.2) is 0 Å². The lowest BCUT2D eigenvalue weighted by atomic mass is 10.4. The Kier molecular flexibility index (Phi) is 4.45. The highest BCUT2D eigenvalue weighted by Crippen LogP contribution is 1.90. The van der Waals surface area contributed by atoms with Gasteiger partial charge in [0.1, 0.15) is 0 Å². The molecule has 0 saturated heterocycles. The average Bonchev–Trinajstić information content (AvgIpc) is 1.84. The molecule has 0 saturated carbocycles. The molecule has 0 amide bonds. The fourth-order valence-electron chi connectivity index (χ4n) is 0.681. The van der Waals surface area contributed by atoms with Gasteiger partial charge in [0.05, 0.1) is 0 Å². The van der Waals surface area contributed by atoms with Gasteiger partial charge in [-0.05, 0) is 14.1 Å². The van der Waals surface area contributed by atoms with Gasteiger partial charge in [0.15, 0.2) is 12.4 Å². The average molecular weight is 159 g/mol. The van der Waals surface area contributed by atoms with E-state index in [-0.39, 0.29) is 0 Å². The van der Waals surface area contributed by atoms with Gasteiger partial charge in [-0.25, -0.2) is 0 Å². The zero-order chi connectivity index (χ0) is 8.85. The Bertz CT molecular complexity index is 145. The molecule has 0 aromatic carbocycles. The fourth-order valence-corrected chi connectivity index (χ4v) is 0.681. The number of carbonyl (C=O) groups is 2. The number of nitrogens with zero attached hydrogens (tertiary/aromatic N) is 1. The number of ether oxygens (including phenoxy) is 1. The van der Waals surface area contributed by atoms with Crippen molar-refractivity contribution in [2.24, 2.45) is 0 Å². The summed E-state index contributed by atoms with van der Waals surface area (Å²) >= 11 is 0. The van der Waals surface area contributed by atoms with Gasteiger partial charge in [0.25, 0.3) is 0 Å². The van der Waals surface area contributed by atoms with Crippen LogP contribution in [-0.2, 0) is 14.3 Å². The first kappa shape index (κ1) is 10.1. The van der Waals surface area contributed by atoms with Crippen LogP contribution in [0.2, 0.25) is 0 Å². The molecule has 4 heteroatoms. The van der Waals surface area contributed by atoms with E-state index in [4.69, 9.17) is 0 Å². The summed E-state index contributed by atoms with van der Waals surface area (Å²) in [5, 5.41) is 0. The Morgan fingerprint density at radius 1 is 1.64 bits per heavy atom. The normalized spacial score (nSPS) is 12.7. The van der Waals surface area contributed by atoms with Crippen molar-refractivity contribution in [2.45, 2.75) is 13.0 Å². The summed E-state index contributed by atoms with van der Waals surface area (Å²) in [4.78, 5) is 22.4. The Labute approximate surface area is 66.1 Å². The molecule has 0 spiro atoms. The second-order valence-electron chi connectivity index (χ2n) is 2.55. The van der Waals surface area contributed by atoms with Gasteiger partial charge < -0.3 is 9.64 Å². The lowest BCUT2D eigenvalue weighted by molar-refractivity contribution is -0.150. The second-order valence-corrected chi connectivity index (χ2v) is 2.55. The molecule has 0 aliphatic heterocycles. The van der Waals surface area contributed by atoms with E-state index in [0.717, 1.165) is 0 Å². The van der Waals surface area contributed by atoms with Gasteiger partial charge >= 0.3 is 5.97 Å². The standard InChI is InChI=1S/C7H13NO3/c1-6(10)11-7(5-9)4-8(2)3/h5,7H,4H2,1-3H3. The molecule has 0 aromatic heterocycles. The lowest BCUT2D eigenvalue weighted by Gasteiger charge is -2.14. The highest BCUT2D eigenvalue weighted by molar-refractivity contribution is 5.70. The van der Waals surface area contributed by atoms with E-state index in [9.17, 15) is 9.59 Å². The second kappa shape index (κ2) is 4.85.